The smallest absolute Gasteiger partial charge is 0.262 e. The first kappa shape index (κ1) is 12.9. The Labute approximate surface area is 119 Å². The van der Waals surface area contributed by atoms with Crippen molar-refractivity contribution in [2.75, 3.05) is 0 Å². The third-order valence-electron chi connectivity index (χ3n) is 4.37. The van der Waals surface area contributed by atoms with Crippen LogP contribution in [0.5, 0.6) is 0 Å². The van der Waals surface area contributed by atoms with Crippen LogP contribution in [0.15, 0.2) is 24.3 Å². The molecule has 1 atom stereocenters. The first-order chi connectivity index (χ1) is 9.74. The normalized spacial score (nSPS) is 20.6. The highest BCUT2D eigenvalue weighted by Crippen LogP contribution is 2.33. The van der Waals surface area contributed by atoms with E-state index in [1.54, 1.807) is 24.3 Å². The van der Waals surface area contributed by atoms with Crippen LogP contribution in [0.1, 0.15) is 52.8 Å². The van der Waals surface area contributed by atoms with Gasteiger partial charge in [0, 0.05) is 0 Å². The Bertz CT molecular complexity index is 558. The van der Waals surface area contributed by atoms with Crippen molar-refractivity contribution in [3.8, 4) is 12.3 Å². The minimum atomic E-state index is -0.400. The summed E-state index contributed by atoms with van der Waals surface area (Å²) in [5.74, 6) is 2.47. The molecule has 2 aliphatic rings. The van der Waals surface area contributed by atoms with Crippen molar-refractivity contribution in [2.24, 2.45) is 5.92 Å². The topological polar surface area (TPSA) is 37.4 Å². The Morgan fingerprint density at radius 1 is 1.05 bits per heavy atom. The lowest BCUT2D eigenvalue weighted by Crippen LogP contribution is -2.44. The van der Waals surface area contributed by atoms with Crippen molar-refractivity contribution < 1.29 is 9.59 Å². The molecule has 1 aliphatic heterocycles. The standard InChI is InChI=1S/C17H17NO2/c1-2-15(12-8-4-3-5-9-12)18-16(19)13-10-6-7-11-14(13)17(18)20/h1,6-7,10-12,15H,3-5,8-9H2/t15-/m0/s1. The predicted molar refractivity (Wildman–Crippen MR) is 76.1 cm³/mol. The summed E-state index contributed by atoms with van der Waals surface area (Å²) in [6, 6.07) is 6.55. The Morgan fingerprint density at radius 2 is 1.60 bits per heavy atom. The molecule has 1 aromatic carbocycles. The zero-order valence-corrected chi connectivity index (χ0v) is 11.3. The van der Waals surface area contributed by atoms with Gasteiger partial charge in [0.15, 0.2) is 0 Å². The Hall–Kier alpha value is -2.08. The van der Waals surface area contributed by atoms with Crippen LogP contribution in [0.2, 0.25) is 0 Å². The summed E-state index contributed by atoms with van der Waals surface area (Å²) in [4.78, 5) is 26.2. The van der Waals surface area contributed by atoms with Gasteiger partial charge in [-0.2, -0.15) is 0 Å². The third-order valence-corrected chi connectivity index (χ3v) is 4.37. The van der Waals surface area contributed by atoms with Crippen molar-refractivity contribution in [2.45, 2.75) is 38.1 Å². The van der Waals surface area contributed by atoms with E-state index in [0.29, 0.717) is 11.1 Å². The van der Waals surface area contributed by atoms with Gasteiger partial charge in [-0.15, -0.1) is 6.42 Å². The monoisotopic (exact) mass is 267 g/mol. The fourth-order valence-corrected chi connectivity index (χ4v) is 3.33. The highest BCUT2D eigenvalue weighted by Gasteiger charge is 2.41. The molecule has 0 aromatic heterocycles. The number of carbonyl (C=O) groups is 2. The molecule has 1 aromatic rings. The highest BCUT2D eigenvalue weighted by molar-refractivity contribution is 6.21. The molecule has 102 valence electrons. The molecule has 3 heteroatoms. The molecule has 0 N–H and O–H groups in total. The zero-order chi connectivity index (χ0) is 14.1. The summed E-state index contributed by atoms with van der Waals surface area (Å²) in [6.07, 6.45) is 11.1. The third kappa shape index (κ3) is 1.92. The molecule has 1 saturated carbocycles. The van der Waals surface area contributed by atoms with Crippen LogP contribution in [0.25, 0.3) is 0 Å². The maximum atomic E-state index is 12.5. The van der Waals surface area contributed by atoms with Gasteiger partial charge in [0.1, 0.15) is 6.04 Å². The van der Waals surface area contributed by atoms with Gasteiger partial charge in [0.25, 0.3) is 11.8 Å². The Kier molecular flexibility index (Phi) is 3.31. The van der Waals surface area contributed by atoms with Gasteiger partial charge in [0.2, 0.25) is 0 Å². The van der Waals surface area contributed by atoms with Crippen LogP contribution >= 0.6 is 0 Å². The number of imide groups is 1. The second kappa shape index (κ2) is 5.13. The number of rotatable bonds is 2. The lowest BCUT2D eigenvalue weighted by atomic mass is 9.83. The summed E-state index contributed by atoms with van der Waals surface area (Å²) in [6.45, 7) is 0. The van der Waals surface area contributed by atoms with Gasteiger partial charge in [-0.05, 0) is 30.9 Å². The number of fused-ring (bicyclic) bond motifs is 1. The highest BCUT2D eigenvalue weighted by atomic mass is 16.2. The van der Waals surface area contributed by atoms with Crippen molar-refractivity contribution in [1.82, 2.24) is 4.90 Å². The minimum absolute atomic E-state index is 0.237. The number of hydrogen-bond acceptors (Lipinski definition) is 2. The number of nitrogens with zero attached hydrogens (tertiary/aromatic N) is 1. The molecule has 1 heterocycles. The summed E-state index contributed by atoms with van der Waals surface area (Å²) >= 11 is 0. The van der Waals surface area contributed by atoms with Gasteiger partial charge < -0.3 is 0 Å². The molecule has 3 nitrogen and oxygen atoms in total. The largest absolute Gasteiger partial charge is 0.269 e. The quantitative estimate of drug-likeness (QED) is 0.610. The van der Waals surface area contributed by atoms with Crippen LogP contribution in [-0.2, 0) is 0 Å². The number of terminal acetylenes is 1. The molecule has 3 rings (SSSR count). The van der Waals surface area contributed by atoms with Crippen LogP contribution in [0, 0.1) is 18.3 Å². The Morgan fingerprint density at radius 3 is 2.10 bits per heavy atom. The molecule has 1 fully saturated rings. The molecule has 0 unspecified atom stereocenters. The van der Waals surface area contributed by atoms with Crippen molar-refractivity contribution >= 4 is 11.8 Å². The maximum Gasteiger partial charge on any atom is 0.262 e. The van der Waals surface area contributed by atoms with Crippen LogP contribution < -0.4 is 0 Å². The van der Waals surface area contributed by atoms with E-state index in [2.05, 4.69) is 5.92 Å². The number of amides is 2. The van der Waals surface area contributed by atoms with Gasteiger partial charge in [-0.1, -0.05) is 37.3 Å². The first-order valence-electron chi connectivity index (χ1n) is 7.17. The van der Waals surface area contributed by atoms with E-state index in [4.69, 9.17) is 6.42 Å². The number of benzene rings is 1. The van der Waals surface area contributed by atoms with Crippen LogP contribution in [-0.4, -0.2) is 22.8 Å². The fraction of sp³-hybridized carbons (Fsp3) is 0.412. The van der Waals surface area contributed by atoms with E-state index < -0.39 is 6.04 Å². The summed E-state index contributed by atoms with van der Waals surface area (Å²) in [5.41, 5.74) is 0.960. The Balaban J connectivity index is 1.92. The lowest BCUT2D eigenvalue weighted by Gasteiger charge is -2.32. The SMILES string of the molecule is C#C[C@@H](C1CCCCC1)N1C(=O)c2ccccc2C1=O. The fourth-order valence-electron chi connectivity index (χ4n) is 3.33. The van der Waals surface area contributed by atoms with E-state index in [1.807, 2.05) is 0 Å². The average molecular weight is 267 g/mol. The van der Waals surface area contributed by atoms with E-state index in [0.717, 1.165) is 25.7 Å². The molecule has 0 bridgehead atoms. The molecule has 20 heavy (non-hydrogen) atoms. The van der Waals surface area contributed by atoms with Crippen LogP contribution in [0.3, 0.4) is 0 Å². The molecule has 0 radical (unpaired) electrons. The van der Waals surface area contributed by atoms with Gasteiger partial charge in [0.05, 0.1) is 11.1 Å². The second-order valence-electron chi connectivity index (χ2n) is 5.54. The zero-order valence-electron chi connectivity index (χ0n) is 11.3. The number of hydrogen-bond donors (Lipinski definition) is 0. The molecule has 0 saturated heterocycles. The summed E-state index contributed by atoms with van der Waals surface area (Å²) in [7, 11) is 0. The maximum absolute atomic E-state index is 12.5. The van der Waals surface area contributed by atoms with E-state index >= 15 is 0 Å². The first-order valence-corrected chi connectivity index (χ1v) is 7.17. The molecule has 2 amide bonds. The van der Waals surface area contributed by atoms with Gasteiger partial charge in [-0.25, -0.2) is 0 Å². The van der Waals surface area contributed by atoms with Crippen molar-refractivity contribution in [3.63, 3.8) is 0 Å². The van der Waals surface area contributed by atoms with E-state index in [1.165, 1.54) is 11.3 Å². The van der Waals surface area contributed by atoms with Gasteiger partial charge in [-0.3, -0.25) is 14.5 Å². The summed E-state index contributed by atoms with van der Waals surface area (Å²) in [5, 5.41) is 0. The predicted octanol–water partition coefficient (Wildman–Crippen LogP) is 2.86. The van der Waals surface area contributed by atoms with Crippen molar-refractivity contribution in [3.05, 3.63) is 35.4 Å². The van der Waals surface area contributed by atoms with Crippen molar-refractivity contribution in [1.29, 1.82) is 0 Å². The molecular formula is C17H17NO2. The molecule has 0 spiro atoms. The number of carbonyl (C=O) groups excluding carboxylic acids is 2. The minimum Gasteiger partial charge on any atom is -0.269 e. The average Bonchev–Trinajstić information content (AvgIpc) is 2.75. The van der Waals surface area contributed by atoms with Gasteiger partial charge >= 0.3 is 0 Å². The summed E-state index contributed by atoms with van der Waals surface area (Å²) < 4.78 is 0. The second-order valence-corrected chi connectivity index (χ2v) is 5.54. The molecule has 1 aliphatic carbocycles. The molecular weight excluding hydrogens is 250 g/mol. The van der Waals surface area contributed by atoms with E-state index in [-0.39, 0.29) is 17.7 Å². The lowest BCUT2D eigenvalue weighted by molar-refractivity contribution is 0.0560. The van der Waals surface area contributed by atoms with Crippen LogP contribution in [0.4, 0.5) is 0 Å². The van der Waals surface area contributed by atoms with E-state index in [9.17, 15) is 9.59 Å².